The number of nitrogens with one attached hydrogen (secondary N) is 1. The number of anilines is 2. The predicted octanol–water partition coefficient (Wildman–Crippen LogP) is 1.63. The molecule has 0 atom stereocenters. The number of hydrogen-bond donors (Lipinski definition) is 1. The van der Waals surface area contributed by atoms with Gasteiger partial charge in [0.2, 0.25) is 17.7 Å². The zero-order chi connectivity index (χ0) is 16.1. The lowest BCUT2D eigenvalue weighted by Gasteiger charge is -2.34. The van der Waals surface area contributed by atoms with Crippen LogP contribution in [-0.2, 0) is 0 Å². The van der Waals surface area contributed by atoms with Crippen molar-refractivity contribution in [2.45, 2.75) is 45.1 Å². The van der Waals surface area contributed by atoms with Crippen molar-refractivity contribution in [3.63, 3.8) is 0 Å². The molecule has 1 aromatic heterocycles. The third-order valence-corrected chi connectivity index (χ3v) is 4.76. The first kappa shape index (κ1) is 15.9. The van der Waals surface area contributed by atoms with Crippen LogP contribution in [0.15, 0.2) is 0 Å². The van der Waals surface area contributed by atoms with E-state index in [1.54, 1.807) is 0 Å². The second-order valence-corrected chi connectivity index (χ2v) is 6.30. The van der Waals surface area contributed by atoms with Crippen molar-refractivity contribution in [1.29, 1.82) is 5.26 Å². The molecule has 2 heterocycles. The Morgan fingerprint density at radius 3 is 2.48 bits per heavy atom. The van der Waals surface area contributed by atoms with E-state index in [4.69, 9.17) is 0 Å². The summed E-state index contributed by atoms with van der Waals surface area (Å²) in [4.78, 5) is 17.7. The summed E-state index contributed by atoms with van der Waals surface area (Å²) in [6.45, 7) is 7.06. The summed E-state index contributed by atoms with van der Waals surface area (Å²) in [6.07, 6.45) is 6.11. The van der Waals surface area contributed by atoms with Crippen molar-refractivity contribution in [2.24, 2.45) is 0 Å². The van der Waals surface area contributed by atoms with Crippen LogP contribution >= 0.6 is 0 Å². The summed E-state index contributed by atoms with van der Waals surface area (Å²) in [7, 11) is 0. The Bertz CT molecular complexity index is 554. The number of hydrogen-bond acceptors (Lipinski definition) is 7. The minimum atomic E-state index is 0.200. The molecular formula is C16H25N7. The molecule has 0 spiro atoms. The largest absolute Gasteiger partial charge is 0.351 e. The Balaban J connectivity index is 1.72. The van der Waals surface area contributed by atoms with Crippen molar-refractivity contribution in [3.05, 3.63) is 5.82 Å². The summed E-state index contributed by atoms with van der Waals surface area (Å²) in [5, 5.41) is 12.6. The highest BCUT2D eigenvalue weighted by Gasteiger charge is 2.21. The van der Waals surface area contributed by atoms with E-state index in [1.165, 1.54) is 19.3 Å². The van der Waals surface area contributed by atoms with Crippen LogP contribution in [0.3, 0.4) is 0 Å². The molecule has 0 radical (unpaired) electrons. The molecule has 124 valence electrons. The van der Waals surface area contributed by atoms with Crippen LogP contribution in [0.2, 0.25) is 0 Å². The lowest BCUT2D eigenvalue weighted by molar-refractivity contribution is 0.270. The Morgan fingerprint density at radius 1 is 1.09 bits per heavy atom. The van der Waals surface area contributed by atoms with E-state index in [0.29, 0.717) is 17.9 Å². The molecular weight excluding hydrogens is 290 g/mol. The topological polar surface area (TPSA) is 81.0 Å². The van der Waals surface area contributed by atoms with Crippen molar-refractivity contribution < 1.29 is 0 Å². The maximum atomic E-state index is 9.21. The van der Waals surface area contributed by atoms with Crippen molar-refractivity contribution in [1.82, 2.24) is 19.9 Å². The summed E-state index contributed by atoms with van der Waals surface area (Å²) >= 11 is 0. The highest BCUT2D eigenvalue weighted by atomic mass is 15.3. The van der Waals surface area contributed by atoms with Crippen molar-refractivity contribution in [3.8, 4) is 6.07 Å². The Labute approximate surface area is 137 Å². The SMILES string of the molecule is CCN1CCN(c2nc(C#N)nc(NC3CCCCC3)n2)CC1. The van der Waals surface area contributed by atoms with Gasteiger partial charge in [0.05, 0.1) is 0 Å². The highest BCUT2D eigenvalue weighted by molar-refractivity contribution is 5.40. The summed E-state index contributed by atoms with van der Waals surface area (Å²) in [5.74, 6) is 1.38. The monoisotopic (exact) mass is 315 g/mol. The molecule has 1 aromatic rings. The summed E-state index contributed by atoms with van der Waals surface area (Å²) in [5.41, 5.74) is 0. The smallest absolute Gasteiger partial charge is 0.238 e. The fourth-order valence-electron chi connectivity index (χ4n) is 3.31. The van der Waals surface area contributed by atoms with Gasteiger partial charge in [-0.15, -0.1) is 0 Å². The molecule has 1 saturated carbocycles. The first-order valence-electron chi connectivity index (χ1n) is 8.68. The number of likely N-dealkylation sites (N-methyl/N-ethyl adjacent to an activating group) is 1. The van der Waals surface area contributed by atoms with Gasteiger partial charge in [0.25, 0.3) is 0 Å². The number of nitriles is 1. The van der Waals surface area contributed by atoms with Crippen molar-refractivity contribution in [2.75, 3.05) is 42.9 Å². The molecule has 0 unspecified atom stereocenters. The fraction of sp³-hybridized carbons (Fsp3) is 0.750. The molecule has 2 aliphatic rings. The molecule has 2 fully saturated rings. The van der Waals surface area contributed by atoms with Gasteiger partial charge in [-0.2, -0.15) is 20.2 Å². The van der Waals surface area contributed by atoms with E-state index in [1.807, 2.05) is 0 Å². The first-order valence-corrected chi connectivity index (χ1v) is 8.68. The predicted molar refractivity (Wildman–Crippen MR) is 89.4 cm³/mol. The van der Waals surface area contributed by atoms with Crippen LogP contribution in [0.25, 0.3) is 0 Å². The molecule has 0 bridgehead atoms. The molecule has 0 aromatic carbocycles. The van der Waals surface area contributed by atoms with Gasteiger partial charge in [-0.3, -0.25) is 0 Å². The van der Waals surface area contributed by atoms with Crippen molar-refractivity contribution >= 4 is 11.9 Å². The fourth-order valence-corrected chi connectivity index (χ4v) is 3.31. The van der Waals surface area contributed by atoms with E-state index in [0.717, 1.165) is 45.6 Å². The third kappa shape index (κ3) is 4.08. The second-order valence-electron chi connectivity index (χ2n) is 6.30. The van der Waals surface area contributed by atoms with E-state index < -0.39 is 0 Å². The summed E-state index contributed by atoms with van der Waals surface area (Å²) in [6, 6.07) is 2.48. The van der Waals surface area contributed by atoms with Crippen LogP contribution in [0, 0.1) is 11.3 Å². The number of rotatable bonds is 4. The number of nitrogens with zero attached hydrogens (tertiary/aromatic N) is 6. The number of aromatic nitrogens is 3. The maximum absolute atomic E-state index is 9.21. The van der Waals surface area contributed by atoms with Crippen LogP contribution in [0.4, 0.5) is 11.9 Å². The zero-order valence-electron chi connectivity index (χ0n) is 13.8. The average molecular weight is 315 g/mol. The van der Waals surface area contributed by atoms with Gasteiger partial charge in [0.15, 0.2) is 0 Å². The molecule has 7 nitrogen and oxygen atoms in total. The molecule has 23 heavy (non-hydrogen) atoms. The summed E-state index contributed by atoms with van der Waals surface area (Å²) < 4.78 is 0. The van der Waals surface area contributed by atoms with Crippen LogP contribution in [0.1, 0.15) is 44.9 Å². The van der Waals surface area contributed by atoms with Gasteiger partial charge >= 0.3 is 0 Å². The van der Waals surface area contributed by atoms with Gasteiger partial charge in [0, 0.05) is 32.2 Å². The molecule has 0 amide bonds. The van der Waals surface area contributed by atoms with E-state index in [-0.39, 0.29) is 5.82 Å². The van der Waals surface area contributed by atoms with Crippen LogP contribution in [-0.4, -0.2) is 58.6 Å². The second kappa shape index (κ2) is 7.55. The van der Waals surface area contributed by atoms with Gasteiger partial charge in [-0.25, -0.2) is 0 Å². The van der Waals surface area contributed by atoms with Gasteiger partial charge in [-0.05, 0) is 19.4 Å². The normalized spacial score (nSPS) is 20.3. The molecule has 3 rings (SSSR count). The first-order chi connectivity index (χ1) is 11.3. The van der Waals surface area contributed by atoms with Gasteiger partial charge < -0.3 is 15.1 Å². The standard InChI is InChI=1S/C16H25N7/c1-2-22-8-10-23(11-9-22)16-20-14(12-17)19-15(21-16)18-13-6-4-3-5-7-13/h13H,2-11H2,1H3,(H,18,19,20,21). The number of piperazine rings is 1. The Kier molecular flexibility index (Phi) is 5.23. The lowest BCUT2D eigenvalue weighted by atomic mass is 9.96. The molecule has 1 aliphatic carbocycles. The Morgan fingerprint density at radius 2 is 1.83 bits per heavy atom. The van der Waals surface area contributed by atoms with E-state index >= 15 is 0 Å². The maximum Gasteiger partial charge on any atom is 0.238 e. The minimum absolute atomic E-state index is 0.200. The van der Waals surface area contributed by atoms with E-state index in [2.05, 4.69) is 43.1 Å². The molecule has 7 heteroatoms. The quantitative estimate of drug-likeness (QED) is 0.904. The lowest BCUT2D eigenvalue weighted by Crippen LogP contribution is -2.47. The molecule has 1 saturated heterocycles. The zero-order valence-corrected chi connectivity index (χ0v) is 13.8. The third-order valence-electron chi connectivity index (χ3n) is 4.76. The van der Waals surface area contributed by atoms with Crippen LogP contribution < -0.4 is 10.2 Å². The van der Waals surface area contributed by atoms with Gasteiger partial charge in [-0.1, -0.05) is 26.2 Å². The minimum Gasteiger partial charge on any atom is -0.351 e. The molecule has 1 N–H and O–H groups in total. The Hall–Kier alpha value is -1.94. The average Bonchev–Trinajstić information content (AvgIpc) is 2.62. The van der Waals surface area contributed by atoms with Gasteiger partial charge in [0.1, 0.15) is 6.07 Å². The highest BCUT2D eigenvalue weighted by Crippen LogP contribution is 2.21. The van der Waals surface area contributed by atoms with Crippen LogP contribution in [0.5, 0.6) is 0 Å². The molecule has 1 aliphatic heterocycles. The van der Waals surface area contributed by atoms with E-state index in [9.17, 15) is 5.26 Å².